The lowest BCUT2D eigenvalue weighted by molar-refractivity contribution is -0.174. The van der Waals surface area contributed by atoms with Gasteiger partial charge in [-0.25, -0.2) is 15.1 Å². The van der Waals surface area contributed by atoms with Gasteiger partial charge >= 0.3 is 12.1 Å². The third kappa shape index (κ3) is 8.74. The van der Waals surface area contributed by atoms with Crippen molar-refractivity contribution < 1.29 is 28.7 Å². The smallest absolute Gasteiger partial charge is 0.407 e. The fourth-order valence-electron chi connectivity index (χ4n) is 1.66. The number of alkyl carbamates (subject to hydrolysis) is 1. The normalized spacial score (nSPS) is 11.5. The van der Waals surface area contributed by atoms with Crippen molar-refractivity contribution in [2.45, 2.75) is 45.8 Å². The highest BCUT2D eigenvalue weighted by Gasteiger charge is 2.32. The number of hydroxylamine groups is 1. The number of halogens is 1. The maximum absolute atomic E-state index is 12.1. The van der Waals surface area contributed by atoms with E-state index in [-0.39, 0.29) is 13.2 Å². The first-order valence-corrected chi connectivity index (χ1v) is 8.66. The summed E-state index contributed by atoms with van der Waals surface area (Å²) in [4.78, 5) is 40.7. The van der Waals surface area contributed by atoms with Gasteiger partial charge in [-0.15, -0.1) is 0 Å². The molecule has 2 N–H and O–H groups in total. The van der Waals surface area contributed by atoms with Crippen LogP contribution >= 0.6 is 11.6 Å². The molecule has 0 aliphatic carbocycles. The van der Waals surface area contributed by atoms with Crippen LogP contribution in [0.2, 0.25) is 5.02 Å². The van der Waals surface area contributed by atoms with Crippen LogP contribution in [-0.4, -0.2) is 42.3 Å². The van der Waals surface area contributed by atoms with Crippen LogP contribution < -0.4 is 10.8 Å². The Bertz CT molecular complexity index is 667. The molecule has 0 spiro atoms. The van der Waals surface area contributed by atoms with Crippen molar-refractivity contribution in [1.29, 1.82) is 0 Å². The number of amides is 2. The Morgan fingerprint density at radius 2 is 1.63 bits per heavy atom. The van der Waals surface area contributed by atoms with Crippen LogP contribution in [-0.2, 0) is 19.1 Å². The van der Waals surface area contributed by atoms with Gasteiger partial charge < -0.3 is 14.8 Å². The van der Waals surface area contributed by atoms with E-state index in [4.69, 9.17) is 25.9 Å². The second-order valence-corrected chi connectivity index (χ2v) is 7.55. The Kier molecular flexibility index (Phi) is 8.05. The lowest BCUT2D eigenvalue weighted by Crippen LogP contribution is -2.44. The molecule has 9 heteroatoms. The molecule has 0 atom stereocenters. The maximum Gasteiger partial charge on any atom is 0.407 e. The second-order valence-electron chi connectivity index (χ2n) is 7.12. The van der Waals surface area contributed by atoms with Gasteiger partial charge in [-0.1, -0.05) is 11.6 Å². The first-order chi connectivity index (χ1) is 12.4. The number of nitrogens with one attached hydrogen (secondary N) is 2. The van der Waals surface area contributed by atoms with Gasteiger partial charge in [0.15, 0.2) is 5.60 Å². The zero-order valence-corrected chi connectivity index (χ0v) is 16.8. The molecule has 0 radical (unpaired) electrons. The number of carbonyl (C=O) groups is 3. The summed E-state index contributed by atoms with van der Waals surface area (Å²) in [6.45, 7) is 8.11. The van der Waals surface area contributed by atoms with Crippen LogP contribution in [0, 0.1) is 0 Å². The van der Waals surface area contributed by atoms with Gasteiger partial charge in [-0.2, -0.15) is 0 Å². The van der Waals surface area contributed by atoms with Gasteiger partial charge in [-0.3, -0.25) is 9.63 Å². The number of rotatable bonds is 7. The van der Waals surface area contributed by atoms with Gasteiger partial charge in [0.1, 0.15) is 12.2 Å². The molecule has 2 amide bonds. The van der Waals surface area contributed by atoms with Gasteiger partial charge in [0.25, 0.3) is 5.91 Å². The van der Waals surface area contributed by atoms with Gasteiger partial charge in [0, 0.05) is 10.6 Å². The van der Waals surface area contributed by atoms with E-state index >= 15 is 0 Å². The minimum absolute atomic E-state index is 0.0734. The van der Waals surface area contributed by atoms with Crippen LogP contribution in [0.3, 0.4) is 0 Å². The molecule has 0 unspecified atom stereocenters. The van der Waals surface area contributed by atoms with Crippen LogP contribution in [0.4, 0.5) is 4.79 Å². The molecule has 0 bridgehead atoms. The Hall–Kier alpha value is -2.32. The topological polar surface area (TPSA) is 103 Å². The van der Waals surface area contributed by atoms with E-state index in [1.807, 2.05) is 0 Å². The molecule has 0 heterocycles. The molecule has 150 valence electrons. The van der Waals surface area contributed by atoms with E-state index in [9.17, 15) is 14.4 Å². The average molecular weight is 401 g/mol. The first kappa shape index (κ1) is 22.7. The molecule has 8 nitrogen and oxygen atoms in total. The van der Waals surface area contributed by atoms with Crippen LogP contribution in [0.1, 0.15) is 45.0 Å². The summed E-state index contributed by atoms with van der Waals surface area (Å²) < 4.78 is 10.1. The van der Waals surface area contributed by atoms with Crippen LogP contribution in [0.25, 0.3) is 0 Å². The SMILES string of the molecule is CC(C)(C)OC(=O)NCCOC(=O)C(C)(C)ONC(=O)c1ccc(Cl)cc1. The Balaban J connectivity index is 2.37. The van der Waals surface area contributed by atoms with E-state index in [1.165, 1.54) is 26.0 Å². The van der Waals surface area contributed by atoms with E-state index in [1.54, 1.807) is 32.9 Å². The molecule has 1 aromatic rings. The van der Waals surface area contributed by atoms with E-state index in [0.717, 1.165) is 0 Å². The summed E-state index contributed by atoms with van der Waals surface area (Å²) in [5.74, 6) is -1.23. The highest BCUT2D eigenvalue weighted by atomic mass is 35.5. The quantitative estimate of drug-likeness (QED) is 0.414. The fourth-order valence-corrected chi connectivity index (χ4v) is 1.79. The van der Waals surface area contributed by atoms with Crippen molar-refractivity contribution in [1.82, 2.24) is 10.8 Å². The zero-order valence-electron chi connectivity index (χ0n) is 16.1. The zero-order chi connectivity index (χ0) is 20.7. The number of hydrogen-bond donors (Lipinski definition) is 2. The van der Waals surface area contributed by atoms with Crippen molar-refractivity contribution in [3.05, 3.63) is 34.9 Å². The van der Waals surface area contributed by atoms with Crippen molar-refractivity contribution in [2.24, 2.45) is 0 Å². The molecule has 0 aliphatic rings. The largest absolute Gasteiger partial charge is 0.462 e. The third-order valence-electron chi connectivity index (χ3n) is 3.00. The predicted octanol–water partition coefficient (Wildman–Crippen LogP) is 2.85. The van der Waals surface area contributed by atoms with Gasteiger partial charge in [0.05, 0.1) is 6.54 Å². The monoisotopic (exact) mass is 400 g/mol. The molecular formula is C18H25ClN2O6. The molecule has 1 aromatic carbocycles. The summed E-state index contributed by atoms with van der Waals surface area (Å²) in [5.41, 5.74) is 0.491. The third-order valence-corrected chi connectivity index (χ3v) is 3.25. The molecular weight excluding hydrogens is 376 g/mol. The molecule has 27 heavy (non-hydrogen) atoms. The first-order valence-electron chi connectivity index (χ1n) is 8.29. The summed E-state index contributed by atoms with van der Waals surface area (Å²) in [6, 6.07) is 6.17. The summed E-state index contributed by atoms with van der Waals surface area (Å²) in [5, 5.41) is 2.96. The molecule has 0 aromatic heterocycles. The molecule has 0 aliphatic heterocycles. The van der Waals surface area contributed by atoms with E-state index in [0.29, 0.717) is 10.6 Å². The summed E-state index contributed by atoms with van der Waals surface area (Å²) in [6.07, 6.45) is -0.607. The predicted molar refractivity (Wildman–Crippen MR) is 99.3 cm³/mol. The second kappa shape index (κ2) is 9.57. The van der Waals surface area contributed by atoms with Gasteiger partial charge in [0.2, 0.25) is 0 Å². The molecule has 0 saturated carbocycles. The van der Waals surface area contributed by atoms with E-state index in [2.05, 4.69) is 10.8 Å². The number of benzene rings is 1. The average Bonchev–Trinajstić information content (AvgIpc) is 2.55. The fraction of sp³-hybridized carbons (Fsp3) is 0.500. The van der Waals surface area contributed by atoms with Crippen molar-refractivity contribution in [3.8, 4) is 0 Å². The van der Waals surface area contributed by atoms with Gasteiger partial charge in [-0.05, 0) is 58.9 Å². The van der Waals surface area contributed by atoms with Crippen molar-refractivity contribution >= 4 is 29.6 Å². The number of hydrogen-bond acceptors (Lipinski definition) is 6. The van der Waals surface area contributed by atoms with Crippen molar-refractivity contribution in [3.63, 3.8) is 0 Å². The Morgan fingerprint density at radius 3 is 2.19 bits per heavy atom. The van der Waals surface area contributed by atoms with Crippen LogP contribution in [0.5, 0.6) is 0 Å². The van der Waals surface area contributed by atoms with E-state index < -0.39 is 29.2 Å². The number of ether oxygens (including phenoxy) is 2. The minimum atomic E-state index is -1.42. The maximum atomic E-state index is 12.1. The molecule has 0 fully saturated rings. The Morgan fingerprint density at radius 1 is 1.04 bits per heavy atom. The number of carbonyl (C=O) groups excluding carboxylic acids is 3. The molecule has 1 rings (SSSR count). The standard InChI is InChI=1S/C18H25ClN2O6/c1-17(2,3)26-16(24)20-10-11-25-15(23)18(4,5)27-21-14(22)12-6-8-13(19)9-7-12/h6-9H,10-11H2,1-5H3,(H,20,24)(H,21,22). The highest BCUT2D eigenvalue weighted by Crippen LogP contribution is 2.12. The lowest BCUT2D eigenvalue weighted by atomic mass is 10.1. The minimum Gasteiger partial charge on any atom is -0.462 e. The summed E-state index contributed by atoms with van der Waals surface area (Å²) >= 11 is 5.76. The highest BCUT2D eigenvalue weighted by molar-refractivity contribution is 6.30. The lowest BCUT2D eigenvalue weighted by Gasteiger charge is -2.23. The molecule has 0 saturated heterocycles. The Labute approximate surface area is 163 Å². The van der Waals surface area contributed by atoms with Crippen LogP contribution in [0.15, 0.2) is 24.3 Å². The number of esters is 1. The van der Waals surface area contributed by atoms with Crippen molar-refractivity contribution in [2.75, 3.05) is 13.2 Å². The summed E-state index contributed by atoms with van der Waals surface area (Å²) in [7, 11) is 0.